The zero-order valence-electron chi connectivity index (χ0n) is 12.4. The Hall–Kier alpha value is -2.12. The topological polar surface area (TPSA) is 121 Å². The second kappa shape index (κ2) is 9.12. The third-order valence-electron chi connectivity index (χ3n) is 3.47. The van der Waals surface area contributed by atoms with Crippen LogP contribution in [0.25, 0.3) is 0 Å². The number of amides is 1. The van der Waals surface area contributed by atoms with Crippen molar-refractivity contribution in [3.63, 3.8) is 0 Å². The van der Waals surface area contributed by atoms with Crippen LogP contribution in [0.3, 0.4) is 0 Å². The molecule has 0 aliphatic carbocycles. The second-order valence-electron chi connectivity index (χ2n) is 5.19. The van der Waals surface area contributed by atoms with E-state index in [1.165, 1.54) is 5.56 Å². The predicted molar refractivity (Wildman–Crippen MR) is 83.9 cm³/mol. The zero-order chi connectivity index (χ0) is 17.4. The third-order valence-corrected chi connectivity index (χ3v) is 3.70. The molecule has 1 saturated heterocycles. The summed E-state index contributed by atoms with van der Waals surface area (Å²) < 4.78 is 0. The minimum absolute atomic E-state index is 0.0608. The second-order valence-corrected chi connectivity index (χ2v) is 5.63. The lowest BCUT2D eigenvalue weighted by Crippen LogP contribution is -2.38. The molecular weight excluding hydrogens is 324 g/mol. The molecule has 0 atom stereocenters. The zero-order valence-corrected chi connectivity index (χ0v) is 13.2. The molecule has 126 valence electrons. The lowest BCUT2D eigenvalue weighted by molar-refractivity contribution is -0.159. The number of carboxylic acids is 2. The van der Waals surface area contributed by atoms with E-state index in [9.17, 15) is 4.79 Å². The Balaban J connectivity index is 0.000000379. The molecule has 0 saturated carbocycles. The van der Waals surface area contributed by atoms with Crippen molar-refractivity contribution in [2.24, 2.45) is 11.7 Å². The summed E-state index contributed by atoms with van der Waals surface area (Å²) in [6.45, 7) is 2.76. The first-order chi connectivity index (χ1) is 10.8. The van der Waals surface area contributed by atoms with Gasteiger partial charge in [0.05, 0.1) is 0 Å². The van der Waals surface area contributed by atoms with Crippen molar-refractivity contribution >= 4 is 29.4 Å². The van der Waals surface area contributed by atoms with Crippen LogP contribution in [0.4, 0.5) is 0 Å². The molecule has 1 aromatic rings. The van der Waals surface area contributed by atoms with Crippen LogP contribution in [0.1, 0.15) is 18.4 Å². The van der Waals surface area contributed by atoms with Gasteiger partial charge in [0.25, 0.3) is 0 Å². The molecule has 1 aromatic carbocycles. The van der Waals surface area contributed by atoms with Gasteiger partial charge in [-0.25, -0.2) is 9.59 Å². The van der Waals surface area contributed by atoms with Gasteiger partial charge < -0.3 is 15.9 Å². The fourth-order valence-electron chi connectivity index (χ4n) is 2.27. The normalized spacial score (nSPS) is 15.3. The monoisotopic (exact) mass is 342 g/mol. The summed E-state index contributed by atoms with van der Waals surface area (Å²) in [5.74, 6) is -3.75. The molecule has 0 radical (unpaired) electrons. The van der Waals surface area contributed by atoms with E-state index in [0.717, 1.165) is 37.5 Å². The van der Waals surface area contributed by atoms with Crippen LogP contribution in [0.2, 0.25) is 5.02 Å². The van der Waals surface area contributed by atoms with Gasteiger partial charge in [0.1, 0.15) is 0 Å². The van der Waals surface area contributed by atoms with Gasteiger partial charge >= 0.3 is 11.9 Å². The van der Waals surface area contributed by atoms with Crippen molar-refractivity contribution in [3.05, 3.63) is 34.9 Å². The van der Waals surface area contributed by atoms with Gasteiger partial charge in [-0.1, -0.05) is 23.7 Å². The maximum Gasteiger partial charge on any atom is 0.414 e. The summed E-state index contributed by atoms with van der Waals surface area (Å²) in [7, 11) is 0. The van der Waals surface area contributed by atoms with Crippen molar-refractivity contribution in [2.45, 2.75) is 19.4 Å². The highest BCUT2D eigenvalue weighted by Gasteiger charge is 2.22. The highest BCUT2D eigenvalue weighted by Crippen LogP contribution is 2.19. The van der Waals surface area contributed by atoms with Crippen LogP contribution < -0.4 is 5.73 Å². The molecule has 0 spiro atoms. The first kappa shape index (κ1) is 18.9. The van der Waals surface area contributed by atoms with Gasteiger partial charge in [0, 0.05) is 17.5 Å². The predicted octanol–water partition coefficient (Wildman–Crippen LogP) is 1.19. The molecule has 0 unspecified atom stereocenters. The largest absolute Gasteiger partial charge is 0.473 e. The van der Waals surface area contributed by atoms with Gasteiger partial charge in [-0.15, -0.1) is 0 Å². The molecule has 1 fully saturated rings. The SMILES string of the molecule is NC(=O)C1CCN(Cc2cccc(Cl)c2)CC1.O=C(O)C(=O)O. The van der Waals surface area contributed by atoms with E-state index < -0.39 is 11.9 Å². The van der Waals surface area contributed by atoms with Crippen molar-refractivity contribution < 1.29 is 24.6 Å². The molecule has 0 bridgehead atoms. The molecule has 1 heterocycles. The average molecular weight is 343 g/mol. The van der Waals surface area contributed by atoms with Gasteiger partial charge in [-0.2, -0.15) is 0 Å². The van der Waals surface area contributed by atoms with Crippen LogP contribution in [0.15, 0.2) is 24.3 Å². The number of carbonyl (C=O) groups excluding carboxylic acids is 1. The van der Waals surface area contributed by atoms with Crippen molar-refractivity contribution in [1.29, 1.82) is 0 Å². The standard InChI is InChI=1S/C13H17ClN2O.C2H2O4/c14-12-3-1-2-10(8-12)9-16-6-4-11(5-7-16)13(15)17;3-1(4)2(5)6/h1-3,8,11H,4-7,9H2,(H2,15,17);(H,3,4)(H,5,6). The number of carboxylic acid groups (broad SMARTS) is 2. The molecule has 2 rings (SSSR count). The molecule has 1 aliphatic heterocycles. The van der Waals surface area contributed by atoms with E-state index >= 15 is 0 Å². The van der Waals surface area contributed by atoms with Gasteiger partial charge in [-0.3, -0.25) is 9.69 Å². The summed E-state index contributed by atoms with van der Waals surface area (Å²) in [5, 5.41) is 15.6. The fourth-order valence-corrected chi connectivity index (χ4v) is 2.48. The Bertz CT molecular complexity index is 559. The number of aliphatic carboxylic acids is 2. The molecular formula is C15H19ClN2O5. The number of halogens is 1. The minimum Gasteiger partial charge on any atom is -0.473 e. The van der Waals surface area contributed by atoms with Crippen LogP contribution in [0.5, 0.6) is 0 Å². The highest BCUT2D eigenvalue weighted by atomic mass is 35.5. The quantitative estimate of drug-likeness (QED) is 0.709. The first-order valence-corrected chi connectivity index (χ1v) is 7.39. The summed E-state index contributed by atoms with van der Waals surface area (Å²) in [5.41, 5.74) is 6.53. The number of primary amides is 1. The molecule has 1 aliphatic rings. The number of benzene rings is 1. The van der Waals surface area contributed by atoms with E-state index in [1.54, 1.807) is 0 Å². The maximum absolute atomic E-state index is 11.1. The number of hydrogen-bond acceptors (Lipinski definition) is 4. The Morgan fingerprint density at radius 3 is 2.17 bits per heavy atom. The van der Waals surface area contributed by atoms with Crippen LogP contribution in [0, 0.1) is 5.92 Å². The summed E-state index contributed by atoms with van der Waals surface area (Å²) >= 11 is 5.95. The summed E-state index contributed by atoms with van der Waals surface area (Å²) in [4.78, 5) is 31.6. The molecule has 1 amide bonds. The molecule has 8 heteroatoms. The van der Waals surface area contributed by atoms with Gasteiger partial charge in [0.2, 0.25) is 5.91 Å². The maximum atomic E-state index is 11.1. The van der Waals surface area contributed by atoms with E-state index in [-0.39, 0.29) is 11.8 Å². The Kier molecular flexibility index (Phi) is 7.50. The molecule has 7 nitrogen and oxygen atoms in total. The number of likely N-dealkylation sites (tertiary alicyclic amines) is 1. The first-order valence-electron chi connectivity index (χ1n) is 7.02. The van der Waals surface area contributed by atoms with Crippen molar-refractivity contribution in [1.82, 2.24) is 4.90 Å². The Morgan fingerprint density at radius 1 is 1.17 bits per heavy atom. The molecule has 23 heavy (non-hydrogen) atoms. The van der Waals surface area contributed by atoms with E-state index in [2.05, 4.69) is 11.0 Å². The van der Waals surface area contributed by atoms with E-state index in [4.69, 9.17) is 37.1 Å². The minimum atomic E-state index is -1.82. The van der Waals surface area contributed by atoms with Crippen molar-refractivity contribution in [3.8, 4) is 0 Å². The highest BCUT2D eigenvalue weighted by molar-refractivity contribution is 6.30. The van der Waals surface area contributed by atoms with Gasteiger partial charge in [0.15, 0.2) is 0 Å². The number of carbonyl (C=O) groups is 3. The number of piperidine rings is 1. The van der Waals surface area contributed by atoms with Crippen molar-refractivity contribution in [2.75, 3.05) is 13.1 Å². The van der Waals surface area contributed by atoms with Crippen LogP contribution in [-0.2, 0) is 20.9 Å². The summed E-state index contributed by atoms with van der Waals surface area (Å²) in [6, 6.07) is 7.91. The Labute approximate surface area is 138 Å². The van der Waals surface area contributed by atoms with Crippen LogP contribution >= 0.6 is 11.6 Å². The smallest absolute Gasteiger partial charge is 0.414 e. The Morgan fingerprint density at radius 2 is 1.74 bits per heavy atom. The number of hydrogen-bond donors (Lipinski definition) is 3. The third kappa shape index (κ3) is 7.12. The van der Waals surface area contributed by atoms with E-state index in [0.29, 0.717) is 0 Å². The fraction of sp³-hybridized carbons (Fsp3) is 0.400. The number of rotatable bonds is 3. The average Bonchev–Trinajstić information content (AvgIpc) is 2.48. The molecule has 0 aromatic heterocycles. The van der Waals surface area contributed by atoms with Crippen LogP contribution in [-0.4, -0.2) is 46.0 Å². The summed E-state index contributed by atoms with van der Waals surface area (Å²) in [6.07, 6.45) is 1.74. The van der Waals surface area contributed by atoms with Gasteiger partial charge in [-0.05, 0) is 43.6 Å². The number of nitrogens with zero attached hydrogens (tertiary/aromatic N) is 1. The van der Waals surface area contributed by atoms with E-state index in [1.807, 2.05) is 18.2 Å². The lowest BCUT2D eigenvalue weighted by atomic mass is 9.96. The molecule has 4 N–H and O–H groups in total. The lowest BCUT2D eigenvalue weighted by Gasteiger charge is -2.30. The number of nitrogens with two attached hydrogens (primary N) is 1.